The van der Waals surface area contributed by atoms with Crippen LogP contribution in [-0.2, 0) is 6.54 Å². The molecule has 2 heteroatoms. The molecular formula is C16H23NO. The fraction of sp³-hybridized carbons (Fsp3) is 0.500. The van der Waals surface area contributed by atoms with Crippen LogP contribution in [0.1, 0.15) is 28.7 Å². The van der Waals surface area contributed by atoms with E-state index >= 15 is 0 Å². The van der Waals surface area contributed by atoms with E-state index < -0.39 is 0 Å². The molecule has 1 aliphatic carbocycles. The molecule has 0 saturated heterocycles. The number of hydrogen-bond donors (Lipinski definition) is 2. The van der Waals surface area contributed by atoms with Gasteiger partial charge in [0, 0.05) is 25.1 Å². The Balaban J connectivity index is 1.97. The highest BCUT2D eigenvalue weighted by Gasteiger charge is 2.17. The molecule has 0 aromatic heterocycles. The van der Waals surface area contributed by atoms with Crippen LogP contribution < -0.4 is 5.32 Å². The molecule has 2 rings (SSSR count). The molecule has 0 heterocycles. The summed E-state index contributed by atoms with van der Waals surface area (Å²) in [5.41, 5.74) is 5.46. The summed E-state index contributed by atoms with van der Waals surface area (Å²) in [7, 11) is 0. The average Bonchev–Trinajstić information content (AvgIpc) is 2.75. The van der Waals surface area contributed by atoms with Crippen molar-refractivity contribution in [2.75, 3.05) is 6.61 Å². The molecule has 0 unspecified atom stereocenters. The highest BCUT2D eigenvalue weighted by atomic mass is 16.3. The van der Waals surface area contributed by atoms with Gasteiger partial charge in [0.25, 0.3) is 0 Å². The number of benzene rings is 1. The molecule has 1 aromatic carbocycles. The van der Waals surface area contributed by atoms with Crippen molar-refractivity contribution in [2.45, 2.75) is 39.8 Å². The maximum Gasteiger partial charge on any atom is 0.0494 e. The monoisotopic (exact) mass is 245 g/mol. The molecule has 0 radical (unpaired) electrons. The lowest BCUT2D eigenvalue weighted by Crippen LogP contribution is -2.26. The third-order valence-electron chi connectivity index (χ3n) is 3.79. The Morgan fingerprint density at radius 1 is 1.17 bits per heavy atom. The number of rotatable bonds is 4. The topological polar surface area (TPSA) is 32.3 Å². The number of aliphatic hydroxyl groups is 1. The largest absolute Gasteiger partial charge is 0.396 e. The molecule has 0 bridgehead atoms. The third-order valence-corrected chi connectivity index (χ3v) is 3.79. The minimum absolute atomic E-state index is 0.261. The summed E-state index contributed by atoms with van der Waals surface area (Å²) in [5, 5.41) is 12.7. The lowest BCUT2D eigenvalue weighted by molar-refractivity contribution is 0.246. The van der Waals surface area contributed by atoms with E-state index in [1.807, 2.05) is 0 Å². The molecule has 0 fully saturated rings. The summed E-state index contributed by atoms with van der Waals surface area (Å²) in [4.78, 5) is 0. The fourth-order valence-electron chi connectivity index (χ4n) is 2.78. The molecule has 0 saturated carbocycles. The second kappa shape index (κ2) is 5.68. The molecule has 2 nitrogen and oxygen atoms in total. The van der Waals surface area contributed by atoms with Gasteiger partial charge >= 0.3 is 0 Å². The molecule has 0 amide bonds. The van der Waals surface area contributed by atoms with Crippen LogP contribution in [0.25, 0.3) is 0 Å². The van der Waals surface area contributed by atoms with E-state index in [2.05, 4.69) is 50.4 Å². The van der Waals surface area contributed by atoms with Crippen LogP contribution in [0, 0.1) is 26.7 Å². The fourth-order valence-corrected chi connectivity index (χ4v) is 2.78. The minimum atomic E-state index is 0.261. The minimum Gasteiger partial charge on any atom is -0.396 e. The Bertz CT molecular complexity index is 427. The maximum atomic E-state index is 9.11. The van der Waals surface area contributed by atoms with E-state index in [-0.39, 0.29) is 6.61 Å². The third kappa shape index (κ3) is 3.01. The van der Waals surface area contributed by atoms with Crippen LogP contribution >= 0.6 is 0 Å². The second-order valence-electron chi connectivity index (χ2n) is 5.43. The van der Waals surface area contributed by atoms with Crippen molar-refractivity contribution in [3.05, 3.63) is 46.5 Å². The van der Waals surface area contributed by atoms with Crippen molar-refractivity contribution in [1.82, 2.24) is 5.32 Å². The molecule has 0 spiro atoms. The van der Waals surface area contributed by atoms with E-state index in [9.17, 15) is 0 Å². The maximum absolute atomic E-state index is 9.11. The molecule has 98 valence electrons. The van der Waals surface area contributed by atoms with Gasteiger partial charge in [0.2, 0.25) is 0 Å². The summed E-state index contributed by atoms with van der Waals surface area (Å²) in [6.07, 6.45) is 5.31. The van der Waals surface area contributed by atoms with Crippen LogP contribution in [0.15, 0.2) is 24.3 Å². The Morgan fingerprint density at radius 3 is 2.39 bits per heavy atom. The average molecular weight is 245 g/mol. The zero-order valence-electron chi connectivity index (χ0n) is 11.5. The first-order valence-electron chi connectivity index (χ1n) is 6.69. The first-order valence-corrected chi connectivity index (χ1v) is 6.69. The van der Waals surface area contributed by atoms with Crippen molar-refractivity contribution in [3.8, 4) is 0 Å². The van der Waals surface area contributed by atoms with Crippen LogP contribution in [0.3, 0.4) is 0 Å². The molecule has 0 aliphatic heterocycles. The Morgan fingerprint density at radius 2 is 1.83 bits per heavy atom. The zero-order valence-corrected chi connectivity index (χ0v) is 11.5. The highest BCUT2D eigenvalue weighted by Crippen LogP contribution is 2.20. The second-order valence-corrected chi connectivity index (χ2v) is 5.43. The van der Waals surface area contributed by atoms with E-state index in [1.165, 1.54) is 22.3 Å². The summed E-state index contributed by atoms with van der Waals surface area (Å²) >= 11 is 0. The molecule has 18 heavy (non-hydrogen) atoms. The molecule has 1 aromatic rings. The van der Waals surface area contributed by atoms with Crippen molar-refractivity contribution in [2.24, 2.45) is 5.92 Å². The number of aryl methyl sites for hydroxylation is 3. The van der Waals surface area contributed by atoms with E-state index in [0.717, 1.165) is 13.0 Å². The van der Waals surface area contributed by atoms with Crippen molar-refractivity contribution < 1.29 is 5.11 Å². The van der Waals surface area contributed by atoms with Crippen molar-refractivity contribution >= 4 is 0 Å². The van der Waals surface area contributed by atoms with E-state index in [0.29, 0.717) is 12.0 Å². The van der Waals surface area contributed by atoms with Gasteiger partial charge in [0.15, 0.2) is 0 Å². The quantitative estimate of drug-likeness (QED) is 0.799. The van der Waals surface area contributed by atoms with Gasteiger partial charge in [-0.05, 0) is 43.9 Å². The molecule has 2 atom stereocenters. The van der Waals surface area contributed by atoms with Crippen LogP contribution in [0.4, 0.5) is 0 Å². The molecular weight excluding hydrogens is 222 g/mol. The summed E-state index contributed by atoms with van der Waals surface area (Å²) in [6.45, 7) is 7.67. The van der Waals surface area contributed by atoms with Gasteiger partial charge in [-0.1, -0.05) is 29.8 Å². The Hall–Kier alpha value is -1.12. The normalized spacial score (nSPS) is 22.7. The highest BCUT2D eigenvalue weighted by molar-refractivity contribution is 5.37. The smallest absolute Gasteiger partial charge is 0.0494 e. The van der Waals surface area contributed by atoms with Crippen LogP contribution in [-0.4, -0.2) is 17.8 Å². The van der Waals surface area contributed by atoms with Gasteiger partial charge in [0.1, 0.15) is 0 Å². The molecule has 2 N–H and O–H groups in total. The Kier molecular flexibility index (Phi) is 4.20. The summed E-state index contributed by atoms with van der Waals surface area (Å²) < 4.78 is 0. The first-order chi connectivity index (χ1) is 8.60. The van der Waals surface area contributed by atoms with Gasteiger partial charge in [0.05, 0.1) is 0 Å². The SMILES string of the molecule is Cc1cc(C)c(CN[C@@H]2C=C[C@H](CO)C2)c(C)c1. The van der Waals surface area contributed by atoms with E-state index in [1.54, 1.807) is 0 Å². The van der Waals surface area contributed by atoms with Crippen molar-refractivity contribution in [3.63, 3.8) is 0 Å². The summed E-state index contributed by atoms with van der Waals surface area (Å²) in [6, 6.07) is 4.89. The van der Waals surface area contributed by atoms with Gasteiger partial charge in [-0.15, -0.1) is 0 Å². The van der Waals surface area contributed by atoms with E-state index in [4.69, 9.17) is 5.11 Å². The van der Waals surface area contributed by atoms with Crippen LogP contribution in [0.5, 0.6) is 0 Å². The van der Waals surface area contributed by atoms with Crippen LogP contribution in [0.2, 0.25) is 0 Å². The molecule has 1 aliphatic rings. The Labute approximate surface area is 110 Å². The first kappa shape index (κ1) is 13.3. The summed E-state index contributed by atoms with van der Waals surface area (Å²) in [5.74, 6) is 0.336. The van der Waals surface area contributed by atoms with Gasteiger partial charge in [-0.2, -0.15) is 0 Å². The number of nitrogens with one attached hydrogen (secondary N) is 1. The zero-order chi connectivity index (χ0) is 13.1. The number of hydrogen-bond acceptors (Lipinski definition) is 2. The lowest BCUT2D eigenvalue weighted by atomic mass is 9.99. The van der Waals surface area contributed by atoms with Gasteiger partial charge in [-0.3, -0.25) is 0 Å². The predicted molar refractivity (Wildman–Crippen MR) is 75.6 cm³/mol. The number of aliphatic hydroxyl groups excluding tert-OH is 1. The van der Waals surface area contributed by atoms with Gasteiger partial charge in [-0.25, -0.2) is 0 Å². The lowest BCUT2D eigenvalue weighted by Gasteiger charge is -2.16. The van der Waals surface area contributed by atoms with Crippen molar-refractivity contribution in [1.29, 1.82) is 0 Å². The predicted octanol–water partition coefficient (Wildman–Crippen LogP) is 2.64. The standard InChI is InChI=1S/C16H23NO/c1-11-6-12(2)16(13(3)7-11)9-17-15-5-4-14(8-15)10-18/h4-7,14-15,17-18H,8-10H2,1-3H3/t14-,15+/m0/s1. The van der Waals surface area contributed by atoms with Gasteiger partial charge < -0.3 is 10.4 Å².